The maximum atomic E-state index is 5.90. The number of halogens is 1. The monoisotopic (exact) mass is 250 g/mol. The van der Waals surface area contributed by atoms with Crippen molar-refractivity contribution >= 4 is 15.9 Å². The molecular formula is C10H19BrO2. The molecule has 0 saturated carbocycles. The number of methoxy groups -OCH3 is 1. The minimum absolute atomic E-state index is 0.0312. The Labute approximate surface area is 89.1 Å². The standard InChI is InChI=1S/C10H19BrO2/c1-9(7-11)10(8-12-2)5-3-4-6-13-10/h9H,3-8H2,1-2H3. The predicted molar refractivity (Wildman–Crippen MR) is 57.4 cm³/mol. The van der Waals surface area contributed by atoms with Gasteiger partial charge in [-0.2, -0.15) is 0 Å². The Morgan fingerprint density at radius 3 is 2.77 bits per heavy atom. The molecule has 1 saturated heterocycles. The Kier molecular flexibility index (Phi) is 4.70. The van der Waals surface area contributed by atoms with Gasteiger partial charge in [-0.15, -0.1) is 0 Å². The summed E-state index contributed by atoms with van der Waals surface area (Å²) in [6, 6.07) is 0. The van der Waals surface area contributed by atoms with Crippen molar-refractivity contribution in [3.05, 3.63) is 0 Å². The van der Waals surface area contributed by atoms with Crippen molar-refractivity contribution < 1.29 is 9.47 Å². The van der Waals surface area contributed by atoms with Gasteiger partial charge < -0.3 is 9.47 Å². The second kappa shape index (κ2) is 5.32. The van der Waals surface area contributed by atoms with Crippen molar-refractivity contribution in [2.75, 3.05) is 25.7 Å². The number of rotatable bonds is 4. The molecule has 78 valence electrons. The van der Waals surface area contributed by atoms with E-state index in [1.807, 2.05) is 0 Å². The summed E-state index contributed by atoms with van der Waals surface area (Å²) >= 11 is 3.52. The van der Waals surface area contributed by atoms with Crippen LogP contribution in [0, 0.1) is 5.92 Å². The quantitative estimate of drug-likeness (QED) is 0.715. The third-order valence-corrected chi connectivity index (χ3v) is 3.87. The van der Waals surface area contributed by atoms with Gasteiger partial charge in [-0.3, -0.25) is 0 Å². The molecule has 0 aromatic rings. The summed E-state index contributed by atoms with van der Waals surface area (Å²) in [6.45, 7) is 3.83. The minimum atomic E-state index is -0.0312. The van der Waals surface area contributed by atoms with Gasteiger partial charge in [0, 0.05) is 19.0 Å². The molecule has 3 heteroatoms. The second-order valence-corrected chi connectivity index (χ2v) is 4.51. The molecule has 2 unspecified atom stereocenters. The molecule has 1 rings (SSSR count). The van der Waals surface area contributed by atoms with E-state index in [0.717, 1.165) is 25.0 Å². The molecule has 0 spiro atoms. The molecule has 13 heavy (non-hydrogen) atoms. The predicted octanol–water partition coefficient (Wildman–Crippen LogP) is 2.60. The van der Waals surface area contributed by atoms with Crippen molar-refractivity contribution in [2.24, 2.45) is 5.92 Å². The maximum Gasteiger partial charge on any atom is 0.0947 e. The van der Waals surface area contributed by atoms with E-state index in [2.05, 4.69) is 22.9 Å². The van der Waals surface area contributed by atoms with Gasteiger partial charge in [-0.25, -0.2) is 0 Å². The van der Waals surface area contributed by atoms with Crippen LogP contribution in [-0.4, -0.2) is 31.3 Å². The normalized spacial score (nSPS) is 31.6. The van der Waals surface area contributed by atoms with Crippen molar-refractivity contribution in [1.29, 1.82) is 0 Å². The van der Waals surface area contributed by atoms with Crippen molar-refractivity contribution in [3.8, 4) is 0 Å². The van der Waals surface area contributed by atoms with Gasteiger partial charge in [-0.1, -0.05) is 22.9 Å². The van der Waals surface area contributed by atoms with Crippen molar-refractivity contribution in [1.82, 2.24) is 0 Å². The molecule has 0 bridgehead atoms. The van der Waals surface area contributed by atoms with Gasteiger partial charge in [0.1, 0.15) is 0 Å². The van der Waals surface area contributed by atoms with Crippen LogP contribution >= 0.6 is 15.9 Å². The van der Waals surface area contributed by atoms with E-state index in [9.17, 15) is 0 Å². The summed E-state index contributed by atoms with van der Waals surface area (Å²) in [5.74, 6) is 0.521. The molecule has 1 aliphatic heterocycles. The molecule has 1 heterocycles. The van der Waals surface area contributed by atoms with Crippen LogP contribution in [0.25, 0.3) is 0 Å². The molecular weight excluding hydrogens is 232 g/mol. The third-order valence-electron chi connectivity index (χ3n) is 2.90. The molecule has 0 aromatic carbocycles. The van der Waals surface area contributed by atoms with E-state index in [1.165, 1.54) is 12.8 Å². The van der Waals surface area contributed by atoms with Gasteiger partial charge in [0.2, 0.25) is 0 Å². The minimum Gasteiger partial charge on any atom is -0.382 e. The van der Waals surface area contributed by atoms with Crippen LogP contribution in [0.1, 0.15) is 26.2 Å². The summed E-state index contributed by atoms with van der Waals surface area (Å²) in [4.78, 5) is 0. The first-order valence-corrected chi connectivity index (χ1v) is 6.06. The molecule has 0 radical (unpaired) electrons. The Morgan fingerprint density at radius 2 is 2.31 bits per heavy atom. The van der Waals surface area contributed by atoms with E-state index in [-0.39, 0.29) is 5.60 Å². The molecule has 1 aliphatic rings. The van der Waals surface area contributed by atoms with E-state index in [4.69, 9.17) is 9.47 Å². The topological polar surface area (TPSA) is 18.5 Å². The number of alkyl halides is 1. The summed E-state index contributed by atoms with van der Waals surface area (Å²) in [6.07, 6.45) is 3.59. The summed E-state index contributed by atoms with van der Waals surface area (Å²) < 4.78 is 11.2. The van der Waals surface area contributed by atoms with Gasteiger partial charge >= 0.3 is 0 Å². The van der Waals surface area contributed by atoms with Crippen LogP contribution in [0.15, 0.2) is 0 Å². The average molecular weight is 251 g/mol. The van der Waals surface area contributed by atoms with Crippen LogP contribution < -0.4 is 0 Å². The number of hydrogen-bond donors (Lipinski definition) is 0. The van der Waals surface area contributed by atoms with Gasteiger partial charge in [0.15, 0.2) is 0 Å². The van der Waals surface area contributed by atoms with E-state index >= 15 is 0 Å². The average Bonchev–Trinajstić information content (AvgIpc) is 2.18. The van der Waals surface area contributed by atoms with Crippen LogP contribution in [-0.2, 0) is 9.47 Å². The number of ether oxygens (including phenoxy) is 2. The maximum absolute atomic E-state index is 5.90. The lowest BCUT2D eigenvalue weighted by atomic mass is 9.84. The molecule has 1 fully saturated rings. The van der Waals surface area contributed by atoms with Gasteiger partial charge in [-0.05, 0) is 25.2 Å². The molecule has 2 nitrogen and oxygen atoms in total. The fourth-order valence-corrected chi connectivity index (χ4v) is 2.49. The van der Waals surface area contributed by atoms with Crippen LogP contribution in [0.2, 0.25) is 0 Å². The lowest BCUT2D eigenvalue weighted by Gasteiger charge is -2.41. The fraction of sp³-hybridized carbons (Fsp3) is 1.00. The van der Waals surface area contributed by atoms with E-state index in [0.29, 0.717) is 5.92 Å². The van der Waals surface area contributed by atoms with E-state index in [1.54, 1.807) is 7.11 Å². The van der Waals surface area contributed by atoms with Gasteiger partial charge in [0.05, 0.1) is 12.2 Å². The third kappa shape index (κ3) is 2.67. The first-order chi connectivity index (χ1) is 6.25. The first kappa shape index (κ1) is 11.5. The Balaban J connectivity index is 2.60. The lowest BCUT2D eigenvalue weighted by Crippen LogP contribution is -2.47. The SMILES string of the molecule is COCC1(C(C)CBr)CCCCO1. The molecule has 2 atom stereocenters. The highest BCUT2D eigenvalue weighted by Gasteiger charge is 2.38. The molecule has 0 N–H and O–H groups in total. The molecule has 0 amide bonds. The van der Waals surface area contributed by atoms with Crippen molar-refractivity contribution in [3.63, 3.8) is 0 Å². The number of hydrogen-bond acceptors (Lipinski definition) is 2. The first-order valence-electron chi connectivity index (χ1n) is 4.94. The van der Waals surface area contributed by atoms with E-state index < -0.39 is 0 Å². The zero-order chi connectivity index (χ0) is 9.73. The summed E-state index contributed by atoms with van der Waals surface area (Å²) in [5.41, 5.74) is -0.0312. The molecule has 0 aromatic heterocycles. The van der Waals surface area contributed by atoms with Crippen LogP contribution in [0.5, 0.6) is 0 Å². The second-order valence-electron chi connectivity index (χ2n) is 3.86. The Hall–Kier alpha value is 0.400. The lowest BCUT2D eigenvalue weighted by molar-refractivity contribution is -0.140. The zero-order valence-corrected chi connectivity index (χ0v) is 10.1. The van der Waals surface area contributed by atoms with Crippen LogP contribution in [0.4, 0.5) is 0 Å². The fourth-order valence-electron chi connectivity index (χ4n) is 1.90. The smallest absolute Gasteiger partial charge is 0.0947 e. The zero-order valence-electron chi connectivity index (χ0n) is 8.51. The Morgan fingerprint density at radius 1 is 1.54 bits per heavy atom. The summed E-state index contributed by atoms with van der Waals surface area (Å²) in [7, 11) is 1.75. The molecule has 0 aliphatic carbocycles. The highest BCUT2D eigenvalue weighted by Crippen LogP contribution is 2.33. The van der Waals surface area contributed by atoms with Crippen molar-refractivity contribution in [2.45, 2.75) is 31.8 Å². The van der Waals surface area contributed by atoms with Gasteiger partial charge in [0.25, 0.3) is 0 Å². The summed E-state index contributed by atoms with van der Waals surface area (Å²) in [5, 5.41) is 0.982. The largest absolute Gasteiger partial charge is 0.382 e. The highest BCUT2D eigenvalue weighted by molar-refractivity contribution is 9.09. The highest BCUT2D eigenvalue weighted by atomic mass is 79.9. The Bertz CT molecular complexity index is 138. The van der Waals surface area contributed by atoms with Crippen LogP contribution in [0.3, 0.4) is 0 Å².